The van der Waals surface area contributed by atoms with Gasteiger partial charge in [0.05, 0.1) is 4.90 Å². The Labute approximate surface area is 99.2 Å². The maximum Gasteiger partial charge on any atom is 0.334 e. The number of hydrogen-bond acceptors (Lipinski definition) is 4. The van der Waals surface area contributed by atoms with Crippen molar-refractivity contribution < 1.29 is 23.2 Å². The van der Waals surface area contributed by atoms with Gasteiger partial charge in [0.1, 0.15) is 0 Å². The highest BCUT2D eigenvalue weighted by atomic mass is 32.2. The van der Waals surface area contributed by atoms with Crippen molar-refractivity contribution in [1.82, 2.24) is 4.89 Å². The van der Waals surface area contributed by atoms with Gasteiger partial charge >= 0.3 is 5.97 Å². The highest BCUT2D eigenvalue weighted by molar-refractivity contribution is 7.89. The number of sulfonamides is 1. The number of nitrogens with one attached hydrogen (secondary N) is 1. The first-order valence-corrected chi connectivity index (χ1v) is 6.28. The maximum absolute atomic E-state index is 11.6. The molecule has 0 fully saturated rings. The van der Waals surface area contributed by atoms with Gasteiger partial charge in [-0.1, -0.05) is 22.6 Å². The average Bonchev–Trinajstić information content (AvgIpc) is 2.26. The van der Waals surface area contributed by atoms with Gasteiger partial charge in [0.25, 0.3) is 10.0 Å². The number of rotatable bonds is 5. The quantitative estimate of drug-likeness (QED) is 0.758. The van der Waals surface area contributed by atoms with Crippen LogP contribution in [-0.2, 0) is 19.7 Å². The van der Waals surface area contributed by atoms with E-state index in [-0.39, 0.29) is 4.90 Å². The largest absolute Gasteiger partial charge is 0.479 e. The van der Waals surface area contributed by atoms with Gasteiger partial charge in [0.15, 0.2) is 6.10 Å². The summed E-state index contributed by atoms with van der Waals surface area (Å²) in [4.78, 5) is 16.7. The van der Waals surface area contributed by atoms with Crippen molar-refractivity contribution in [2.75, 3.05) is 0 Å². The fourth-order valence-corrected chi connectivity index (χ4v) is 1.81. The second-order valence-electron chi connectivity index (χ2n) is 3.50. The number of aryl methyl sites for hydroxylation is 1. The molecule has 1 aromatic carbocycles. The lowest BCUT2D eigenvalue weighted by Crippen LogP contribution is -2.32. The molecule has 0 bridgehead atoms. The van der Waals surface area contributed by atoms with E-state index in [1.807, 2.05) is 6.92 Å². The van der Waals surface area contributed by atoms with Crippen LogP contribution < -0.4 is 4.89 Å². The first-order chi connectivity index (χ1) is 7.83. The van der Waals surface area contributed by atoms with Crippen LogP contribution in [-0.4, -0.2) is 25.6 Å². The van der Waals surface area contributed by atoms with Crippen LogP contribution in [0.25, 0.3) is 0 Å². The molecule has 0 spiro atoms. The summed E-state index contributed by atoms with van der Waals surface area (Å²) >= 11 is 0. The lowest BCUT2D eigenvalue weighted by Gasteiger charge is -2.10. The van der Waals surface area contributed by atoms with Crippen molar-refractivity contribution in [3.8, 4) is 0 Å². The Morgan fingerprint density at radius 1 is 1.35 bits per heavy atom. The highest BCUT2D eigenvalue weighted by Crippen LogP contribution is 2.09. The third-order valence-electron chi connectivity index (χ3n) is 2.01. The standard InChI is InChI=1S/C10H13NO5S/c1-7-3-5-9(6-4-7)17(14,15)11-16-8(2)10(12)13/h3-6,8,11H,1-2H3,(H,12,13)/t8-/m1/s1. The van der Waals surface area contributed by atoms with Crippen LogP contribution >= 0.6 is 0 Å². The predicted octanol–water partition coefficient (Wildman–Crippen LogP) is 0.678. The van der Waals surface area contributed by atoms with E-state index in [1.54, 1.807) is 17.0 Å². The van der Waals surface area contributed by atoms with Crippen LogP contribution in [0, 0.1) is 6.92 Å². The molecule has 0 aliphatic rings. The Balaban J connectivity index is 2.76. The van der Waals surface area contributed by atoms with Gasteiger partial charge < -0.3 is 5.11 Å². The van der Waals surface area contributed by atoms with Crippen LogP contribution in [0.2, 0.25) is 0 Å². The van der Waals surface area contributed by atoms with E-state index in [0.29, 0.717) is 0 Å². The van der Waals surface area contributed by atoms with E-state index in [2.05, 4.69) is 4.84 Å². The van der Waals surface area contributed by atoms with Gasteiger partial charge in [0.2, 0.25) is 0 Å². The van der Waals surface area contributed by atoms with Gasteiger partial charge in [-0.2, -0.15) is 0 Å². The normalized spacial score (nSPS) is 13.3. The number of benzene rings is 1. The van der Waals surface area contributed by atoms with E-state index in [1.165, 1.54) is 19.1 Å². The SMILES string of the molecule is Cc1ccc(S(=O)(=O)NO[C@H](C)C(=O)O)cc1. The summed E-state index contributed by atoms with van der Waals surface area (Å²) in [6, 6.07) is 6.09. The van der Waals surface area contributed by atoms with Crippen molar-refractivity contribution in [3.63, 3.8) is 0 Å². The molecule has 0 saturated carbocycles. The lowest BCUT2D eigenvalue weighted by molar-refractivity contribution is -0.151. The molecule has 2 N–H and O–H groups in total. The van der Waals surface area contributed by atoms with Crippen LogP contribution in [0.5, 0.6) is 0 Å². The number of carboxylic acid groups (broad SMARTS) is 1. The first-order valence-electron chi connectivity index (χ1n) is 4.80. The molecule has 1 rings (SSSR count). The molecule has 0 aromatic heterocycles. The Hall–Kier alpha value is -1.44. The van der Waals surface area contributed by atoms with Gasteiger partial charge in [-0.25, -0.2) is 13.2 Å². The number of carbonyl (C=O) groups is 1. The summed E-state index contributed by atoms with van der Waals surface area (Å²) in [6.07, 6.45) is -1.25. The van der Waals surface area contributed by atoms with E-state index in [0.717, 1.165) is 5.56 Å². The minimum Gasteiger partial charge on any atom is -0.479 e. The predicted molar refractivity (Wildman–Crippen MR) is 59.7 cm³/mol. The van der Waals surface area contributed by atoms with E-state index in [9.17, 15) is 13.2 Å². The molecule has 0 amide bonds. The third-order valence-corrected chi connectivity index (χ3v) is 3.22. The maximum atomic E-state index is 11.6. The van der Waals surface area contributed by atoms with Crippen molar-refractivity contribution >= 4 is 16.0 Å². The van der Waals surface area contributed by atoms with Crippen molar-refractivity contribution in [1.29, 1.82) is 0 Å². The second-order valence-corrected chi connectivity index (χ2v) is 5.14. The molecule has 0 saturated heterocycles. The zero-order valence-electron chi connectivity index (χ0n) is 9.38. The monoisotopic (exact) mass is 259 g/mol. The molecule has 0 aliphatic heterocycles. The minimum atomic E-state index is -3.84. The van der Waals surface area contributed by atoms with E-state index in [4.69, 9.17) is 5.11 Å². The molecular formula is C10H13NO5S. The molecule has 0 aliphatic carbocycles. The first kappa shape index (κ1) is 13.6. The molecule has 0 heterocycles. The Bertz CT molecular complexity index is 494. The van der Waals surface area contributed by atoms with Gasteiger partial charge in [-0.3, -0.25) is 4.84 Å². The summed E-state index contributed by atoms with van der Waals surface area (Å²) < 4.78 is 23.3. The van der Waals surface area contributed by atoms with Crippen molar-refractivity contribution in [3.05, 3.63) is 29.8 Å². The third kappa shape index (κ3) is 3.81. The fraction of sp³-hybridized carbons (Fsp3) is 0.300. The minimum absolute atomic E-state index is 0.0145. The van der Waals surface area contributed by atoms with Crippen LogP contribution in [0.4, 0.5) is 0 Å². The molecule has 7 heteroatoms. The highest BCUT2D eigenvalue weighted by Gasteiger charge is 2.18. The second kappa shape index (κ2) is 5.26. The van der Waals surface area contributed by atoms with E-state index < -0.39 is 22.1 Å². The molecule has 1 aromatic rings. The van der Waals surface area contributed by atoms with E-state index >= 15 is 0 Å². The molecule has 1 atom stereocenters. The topological polar surface area (TPSA) is 92.7 Å². The molecule has 17 heavy (non-hydrogen) atoms. The molecule has 6 nitrogen and oxygen atoms in total. The van der Waals surface area contributed by atoms with Gasteiger partial charge in [0, 0.05) is 0 Å². The van der Waals surface area contributed by atoms with Crippen molar-refractivity contribution in [2.24, 2.45) is 0 Å². The summed E-state index contributed by atoms with van der Waals surface area (Å²) in [7, 11) is -3.84. The zero-order valence-corrected chi connectivity index (χ0v) is 10.2. The Morgan fingerprint density at radius 3 is 2.35 bits per heavy atom. The number of aliphatic carboxylic acids is 1. The molecule has 0 unspecified atom stereocenters. The average molecular weight is 259 g/mol. The number of carboxylic acids is 1. The summed E-state index contributed by atoms with van der Waals surface area (Å²) in [6.45, 7) is 3.05. The number of hydrogen-bond donors (Lipinski definition) is 2. The van der Waals surface area contributed by atoms with Crippen LogP contribution in [0.3, 0.4) is 0 Å². The van der Waals surface area contributed by atoms with Gasteiger partial charge in [-0.15, -0.1) is 0 Å². The van der Waals surface area contributed by atoms with Crippen LogP contribution in [0.15, 0.2) is 29.2 Å². The molecule has 94 valence electrons. The van der Waals surface area contributed by atoms with Crippen molar-refractivity contribution in [2.45, 2.75) is 24.8 Å². The zero-order chi connectivity index (χ0) is 13.1. The fourth-order valence-electron chi connectivity index (χ4n) is 0.951. The lowest BCUT2D eigenvalue weighted by atomic mass is 10.2. The Kier molecular flexibility index (Phi) is 4.22. The van der Waals surface area contributed by atoms with Crippen LogP contribution in [0.1, 0.15) is 12.5 Å². The smallest absolute Gasteiger partial charge is 0.334 e. The molecular weight excluding hydrogens is 246 g/mol. The summed E-state index contributed by atoms with van der Waals surface area (Å²) in [5.74, 6) is -1.25. The van der Waals surface area contributed by atoms with Gasteiger partial charge in [-0.05, 0) is 26.0 Å². The molecule has 0 radical (unpaired) electrons. The summed E-state index contributed by atoms with van der Waals surface area (Å²) in [5, 5.41) is 8.53. The Morgan fingerprint density at radius 2 is 1.88 bits per heavy atom. The summed E-state index contributed by atoms with van der Waals surface area (Å²) in [5.41, 5.74) is 0.920.